The number of benzene rings is 1. The monoisotopic (exact) mass is 313 g/mol. The van der Waals surface area contributed by atoms with Gasteiger partial charge in [0.2, 0.25) is 0 Å². The van der Waals surface area contributed by atoms with Gasteiger partial charge in [-0.05, 0) is 38.1 Å². The summed E-state index contributed by atoms with van der Waals surface area (Å²) in [5.74, 6) is 2.32. The number of methoxy groups -OCH3 is 2. The molecule has 5 atom stereocenters. The molecule has 23 heavy (non-hydrogen) atoms. The Kier molecular flexibility index (Phi) is 2.73. The normalized spacial score (nSPS) is 39.8. The van der Waals surface area contributed by atoms with E-state index in [4.69, 9.17) is 14.2 Å². The highest BCUT2D eigenvalue weighted by Gasteiger charge is 2.64. The maximum absolute atomic E-state index is 6.52. The molecule has 2 bridgehead atoms. The van der Waals surface area contributed by atoms with E-state index in [1.165, 1.54) is 11.1 Å². The van der Waals surface area contributed by atoms with E-state index >= 15 is 0 Å². The molecule has 0 aromatic heterocycles. The van der Waals surface area contributed by atoms with Crippen LogP contribution in [0.5, 0.6) is 11.5 Å². The molecule has 1 saturated heterocycles. The van der Waals surface area contributed by atoms with Crippen molar-refractivity contribution in [1.82, 2.24) is 4.90 Å². The lowest BCUT2D eigenvalue weighted by molar-refractivity contribution is -0.0581. The van der Waals surface area contributed by atoms with Gasteiger partial charge in [0.15, 0.2) is 11.5 Å². The van der Waals surface area contributed by atoms with Gasteiger partial charge in [0, 0.05) is 30.0 Å². The van der Waals surface area contributed by atoms with Crippen LogP contribution in [0.25, 0.3) is 0 Å². The number of likely N-dealkylation sites (N-methyl/N-ethyl adjacent to an activating group) is 1. The van der Waals surface area contributed by atoms with E-state index in [0.717, 1.165) is 30.9 Å². The zero-order valence-corrected chi connectivity index (χ0v) is 13.9. The first-order valence-corrected chi connectivity index (χ1v) is 8.49. The molecule has 0 radical (unpaired) electrons. The van der Waals surface area contributed by atoms with Crippen molar-refractivity contribution in [3.05, 3.63) is 35.4 Å². The second-order valence-corrected chi connectivity index (χ2v) is 7.32. The van der Waals surface area contributed by atoms with Crippen molar-refractivity contribution >= 4 is 0 Å². The van der Waals surface area contributed by atoms with E-state index in [0.29, 0.717) is 12.0 Å². The van der Waals surface area contributed by atoms with Crippen molar-refractivity contribution in [3.63, 3.8) is 0 Å². The van der Waals surface area contributed by atoms with Gasteiger partial charge in [-0.3, -0.25) is 0 Å². The second-order valence-electron chi connectivity index (χ2n) is 7.32. The molecule has 4 heteroatoms. The Morgan fingerprint density at radius 1 is 1.26 bits per heavy atom. The first-order chi connectivity index (χ1) is 11.2. The highest BCUT2D eigenvalue weighted by atomic mass is 16.6. The van der Waals surface area contributed by atoms with E-state index in [2.05, 4.69) is 36.2 Å². The molecule has 1 aromatic rings. The Balaban J connectivity index is 1.80. The number of rotatable bonds is 2. The first kappa shape index (κ1) is 13.9. The molecule has 0 saturated carbocycles. The number of likely N-dealkylation sites (tertiary alicyclic amines) is 1. The van der Waals surface area contributed by atoms with Gasteiger partial charge in [-0.25, -0.2) is 0 Å². The first-order valence-electron chi connectivity index (χ1n) is 8.49. The van der Waals surface area contributed by atoms with Gasteiger partial charge in [-0.1, -0.05) is 18.2 Å². The lowest BCUT2D eigenvalue weighted by Crippen LogP contribution is -2.65. The molecule has 2 heterocycles. The summed E-state index contributed by atoms with van der Waals surface area (Å²) in [4.78, 5) is 2.52. The fraction of sp³-hybridized carbons (Fsp3) is 0.579. The molecule has 5 rings (SSSR count). The van der Waals surface area contributed by atoms with Crippen molar-refractivity contribution in [3.8, 4) is 11.5 Å². The maximum Gasteiger partial charge on any atom is 0.165 e. The molecule has 1 fully saturated rings. The summed E-state index contributed by atoms with van der Waals surface area (Å²) in [7, 11) is 5.77. The van der Waals surface area contributed by atoms with E-state index in [1.54, 1.807) is 14.2 Å². The van der Waals surface area contributed by atoms with Crippen LogP contribution in [0, 0.1) is 5.92 Å². The topological polar surface area (TPSA) is 30.9 Å². The molecule has 4 nitrogen and oxygen atoms in total. The number of nitrogens with zero attached hydrogens (tertiary/aromatic N) is 1. The highest BCUT2D eigenvalue weighted by molar-refractivity contribution is 5.62. The Bertz CT molecular complexity index is 700. The number of ether oxygens (including phenoxy) is 3. The van der Waals surface area contributed by atoms with Crippen LogP contribution in [-0.4, -0.2) is 51.0 Å². The second kappa shape index (κ2) is 4.52. The molecule has 0 N–H and O–H groups in total. The third kappa shape index (κ3) is 1.49. The molecule has 4 aliphatic rings. The Hall–Kier alpha value is -1.52. The van der Waals surface area contributed by atoms with Gasteiger partial charge in [0.25, 0.3) is 0 Å². The fourth-order valence-corrected chi connectivity index (χ4v) is 5.57. The fourth-order valence-electron chi connectivity index (χ4n) is 5.57. The van der Waals surface area contributed by atoms with E-state index < -0.39 is 0 Å². The molecular formula is C19H23NO3. The lowest BCUT2D eigenvalue weighted by atomic mass is 9.53. The summed E-state index contributed by atoms with van der Waals surface area (Å²) < 4.78 is 17.9. The molecular weight excluding hydrogens is 290 g/mol. The van der Waals surface area contributed by atoms with Crippen LogP contribution in [0.4, 0.5) is 0 Å². The minimum atomic E-state index is 0.0124. The van der Waals surface area contributed by atoms with Gasteiger partial charge >= 0.3 is 0 Å². The zero-order chi connectivity index (χ0) is 15.8. The van der Waals surface area contributed by atoms with Crippen LogP contribution >= 0.6 is 0 Å². The third-order valence-electron chi connectivity index (χ3n) is 6.61. The van der Waals surface area contributed by atoms with Crippen LogP contribution in [0.15, 0.2) is 24.3 Å². The van der Waals surface area contributed by atoms with E-state index in [9.17, 15) is 0 Å². The van der Waals surface area contributed by atoms with Crippen molar-refractivity contribution in [1.29, 1.82) is 0 Å². The van der Waals surface area contributed by atoms with Crippen LogP contribution in [0.1, 0.15) is 17.5 Å². The highest BCUT2D eigenvalue weighted by Crippen LogP contribution is 2.62. The molecule has 2 aliphatic carbocycles. The maximum atomic E-state index is 6.52. The summed E-state index contributed by atoms with van der Waals surface area (Å²) in [6.07, 6.45) is 6.89. The van der Waals surface area contributed by atoms with Gasteiger partial charge in [0.05, 0.1) is 7.11 Å². The number of piperidine rings is 1. The van der Waals surface area contributed by atoms with Crippen LogP contribution < -0.4 is 9.47 Å². The summed E-state index contributed by atoms with van der Waals surface area (Å²) in [5, 5.41) is 0. The van der Waals surface area contributed by atoms with Crippen LogP contribution in [0.2, 0.25) is 0 Å². The Morgan fingerprint density at radius 3 is 2.91 bits per heavy atom. The molecule has 1 aromatic carbocycles. The van der Waals surface area contributed by atoms with Gasteiger partial charge in [0.1, 0.15) is 12.2 Å². The smallest absolute Gasteiger partial charge is 0.165 e. The SMILES string of the molecule is COc1ccc2c3c1O[C@H]1C(OC)C=CC4C(C2)N(C)CCC341. The van der Waals surface area contributed by atoms with Crippen molar-refractivity contribution in [2.45, 2.75) is 36.5 Å². The Labute approximate surface area is 137 Å². The van der Waals surface area contributed by atoms with Crippen LogP contribution in [0.3, 0.4) is 0 Å². The predicted octanol–water partition coefficient (Wildman–Crippen LogP) is 2.16. The lowest BCUT2D eigenvalue weighted by Gasteiger charge is -2.56. The standard InChI is InChI=1S/C19H23NO3/c1-20-9-8-19-12-5-7-15(22-3)18(19)23-17-14(21-2)6-4-11(16(17)19)10-13(12)20/h4-7,12-13,15,18H,8-10H2,1-3H3/t12?,13?,15?,18-,19?/m0/s1. The molecule has 0 amide bonds. The predicted molar refractivity (Wildman–Crippen MR) is 87.3 cm³/mol. The third-order valence-corrected chi connectivity index (χ3v) is 6.61. The minimum absolute atomic E-state index is 0.0124. The molecule has 1 spiro atoms. The zero-order valence-electron chi connectivity index (χ0n) is 13.9. The minimum Gasteiger partial charge on any atom is -0.493 e. The molecule has 122 valence electrons. The largest absolute Gasteiger partial charge is 0.493 e. The van der Waals surface area contributed by atoms with E-state index in [1.807, 2.05) is 0 Å². The van der Waals surface area contributed by atoms with Crippen LogP contribution in [-0.2, 0) is 16.6 Å². The number of hydrogen-bond donors (Lipinski definition) is 0. The average Bonchev–Trinajstić information content (AvgIpc) is 2.92. The van der Waals surface area contributed by atoms with E-state index in [-0.39, 0.29) is 17.6 Å². The Morgan fingerprint density at radius 2 is 2.13 bits per heavy atom. The van der Waals surface area contributed by atoms with Crippen molar-refractivity contribution in [2.24, 2.45) is 5.92 Å². The van der Waals surface area contributed by atoms with Crippen molar-refractivity contribution < 1.29 is 14.2 Å². The average molecular weight is 313 g/mol. The van der Waals surface area contributed by atoms with Gasteiger partial charge in [-0.15, -0.1) is 0 Å². The van der Waals surface area contributed by atoms with Gasteiger partial charge in [-0.2, -0.15) is 0 Å². The summed E-state index contributed by atoms with van der Waals surface area (Å²) in [6, 6.07) is 4.86. The summed E-state index contributed by atoms with van der Waals surface area (Å²) >= 11 is 0. The number of hydrogen-bond acceptors (Lipinski definition) is 4. The summed E-state index contributed by atoms with van der Waals surface area (Å²) in [6.45, 7) is 1.11. The quantitative estimate of drug-likeness (QED) is 0.783. The summed E-state index contributed by atoms with van der Waals surface area (Å²) in [5.41, 5.74) is 2.88. The van der Waals surface area contributed by atoms with Gasteiger partial charge < -0.3 is 19.1 Å². The van der Waals surface area contributed by atoms with Crippen molar-refractivity contribution in [2.75, 3.05) is 27.8 Å². The molecule has 4 unspecified atom stereocenters. The molecule has 2 aliphatic heterocycles.